The summed E-state index contributed by atoms with van der Waals surface area (Å²) in [7, 11) is 0. The normalized spacial score (nSPS) is 11.8. The predicted octanol–water partition coefficient (Wildman–Crippen LogP) is 3.78. The second-order valence-corrected chi connectivity index (χ2v) is 7.01. The van der Waals surface area contributed by atoms with Crippen LogP contribution in [0.15, 0.2) is 66.6 Å². The third-order valence-corrected chi connectivity index (χ3v) is 4.81. The molecule has 3 aromatic rings. The molecule has 0 aliphatic heterocycles. The van der Waals surface area contributed by atoms with Crippen LogP contribution in [0.3, 0.4) is 0 Å². The van der Waals surface area contributed by atoms with Crippen LogP contribution >= 0.6 is 11.8 Å². The molecule has 0 aliphatic rings. The summed E-state index contributed by atoms with van der Waals surface area (Å²) in [5, 5.41) is 11.4. The van der Waals surface area contributed by atoms with Crippen molar-refractivity contribution in [2.24, 2.45) is 0 Å². The van der Waals surface area contributed by atoms with Gasteiger partial charge in [0.25, 0.3) is 0 Å². The van der Waals surface area contributed by atoms with Gasteiger partial charge in [-0.15, -0.1) is 16.8 Å². The Morgan fingerprint density at radius 2 is 1.96 bits per heavy atom. The van der Waals surface area contributed by atoms with Crippen molar-refractivity contribution in [2.45, 2.75) is 23.9 Å². The maximum Gasteiger partial charge on any atom is 0.237 e. The van der Waals surface area contributed by atoms with Crippen LogP contribution in [0, 0.1) is 5.82 Å². The number of pyridine rings is 1. The Morgan fingerprint density at radius 1 is 1.26 bits per heavy atom. The number of hydrogen-bond donors (Lipinski definition) is 1. The van der Waals surface area contributed by atoms with Crippen molar-refractivity contribution < 1.29 is 9.18 Å². The first kappa shape index (κ1) is 18.8. The fraction of sp³-hybridized carbons (Fsp3) is 0.158. The van der Waals surface area contributed by atoms with E-state index < -0.39 is 5.25 Å². The van der Waals surface area contributed by atoms with E-state index in [0.717, 1.165) is 5.56 Å². The average Bonchev–Trinajstić information content (AvgIpc) is 3.07. The van der Waals surface area contributed by atoms with Gasteiger partial charge in [-0.1, -0.05) is 17.8 Å². The van der Waals surface area contributed by atoms with Gasteiger partial charge in [-0.3, -0.25) is 14.3 Å². The quantitative estimate of drug-likeness (QED) is 0.496. The minimum atomic E-state index is -0.423. The summed E-state index contributed by atoms with van der Waals surface area (Å²) in [5.74, 6) is 0.132. The molecule has 1 N–H and O–H groups in total. The third kappa shape index (κ3) is 4.59. The van der Waals surface area contributed by atoms with Gasteiger partial charge in [0, 0.05) is 30.2 Å². The zero-order valence-corrected chi connectivity index (χ0v) is 15.5. The van der Waals surface area contributed by atoms with Crippen LogP contribution in [0.1, 0.15) is 6.92 Å². The number of nitrogens with one attached hydrogen (secondary N) is 1. The highest BCUT2D eigenvalue weighted by molar-refractivity contribution is 8.00. The van der Waals surface area contributed by atoms with E-state index in [4.69, 9.17) is 0 Å². The number of benzene rings is 1. The van der Waals surface area contributed by atoms with Crippen molar-refractivity contribution in [1.29, 1.82) is 0 Å². The molecule has 27 heavy (non-hydrogen) atoms. The number of nitrogens with zero attached hydrogens (tertiary/aromatic N) is 4. The van der Waals surface area contributed by atoms with Crippen molar-refractivity contribution in [1.82, 2.24) is 19.7 Å². The summed E-state index contributed by atoms with van der Waals surface area (Å²) in [5.41, 5.74) is 1.42. The predicted molar refractivity (Wildman–Crippen MR) is 104 cm³/mol. The number of hydrogen-bond acceptors (Lipinski definition) is 5. The van der Waals surface area contributed by atoms with Gasteiger partial charge in [0.15, 0.2) is 11.0 Å². The Labute approximate surface area is 160 Å². The number of amides is 1. The van der Waals surface area contributed by atoms with Crippen molar-refractivity contribution >= 4 is 23.4 Å². The molecule has 1 aromatic carbocycles. The van der Waals surface area contributed by atoms with E-state index in [-0.39, 0.29) is 11.7 Å². The van der Waals surface area contributed by atoms with E-state index in [1.807, 2.05) is 16.7 Å². The monoisotopic (exact) mass is 383 g/mol. The molecule has 0 radical (unpaired) electrons. The number of rotatable bonds is 7. The van der Waals surface area contributed by atoms with Crippen LogP contribution in [0.25, 0.3) is 11.4 Å². The average molecular weight is 383 g/mol. The first-order valence-electron chi connectivity index (χ1n) is 8.26. The lowest BCUT2D eigenvalue weighted by molar-refractivity contribution is -0.115. The van der Waals surface area contributed by atoms with Gasteiger partial charge < -0.3 is 5.32 Å². The Hall–Kier alpha value is -3.00. The Balaban J connectivity index is 1.76. The van der Waals surface area contributed by atoms with Crippen molar-refractivity contribution in [2.75, 3.05) is 5.32 Å². The molecule has 0 saturated heterocycles. The zero-order chi connectivity index (χ0) is 19.2. The van der Waals surface area contributed by atoms with Gasteiger partial charge >= 0.3 is 0 Å². The summed E-state index contributed by atoms with van der Waals surface area (Å²) < 4.78 is 14.9. The van der Waals surface area contributed by atoms with E-state index in [9.17, 15) is 9.18 Å². The van der Waals surface area contributed by atoms with Gasteiger partial charge in [-0.25, -0.2) is 4.39 Å². The maximum absolute atomic E-state index is 13.0. The van der Waals surface area contributed by atoms with E-state index in [0.29, 0.717) is 23.2 Å². The molecular weight excluding hydrogens is 365 g/mol. The van der Waals surface area contributed by atoms with Crippen LogP contribution in [-0.2, 0) is 11.3 Å². The summed E-state index contributed by atoms with van der Waals surface area (Å²) in [6.07, 6.45) is 5.13. The summed E-state index contributed by atoms with van der Waals surface area (Å²) in [6, 6.07) is 9.34. The van der Waals surface area contributed by atoms with Crippen LogP contribution in [-0.4, -0.2) is 30.9 Å². The van der Waals surface area contributed by atoms with Gasteiger partial charge in [0.1, 0.15) is 5.82 Å². The Morgan fingerprint density at radius 3 is 2.63 bits per heavy atom. The molecule has 8 heteroatoms. The lowest BCUT2D eigenvalue weighted by atomic mass is 10.2. The lowest BCUT2D eigenvalue weighted by Gasteiger charge is -2.13. The number of thioether (sulfide) groups is 1. The molecule has 0 spiro atoms. The highest BCUT2D eigenvalue weighted by Crippen LogP contribution is 2.27. The molecule has 3 rings (SSSR count). The molecule has 2 aromatic heterocycles. The molecule has 6 nitrogen and oxygen atoms in total. The number of aromatic nitrogens is 4. The van der Waals surface area contributed by atoms with E-state index in [1.54, 1.807) is 25.4 Å². The second-order valence-electron chi connectivity index (χ2n) is 5.70. The molecule has 1 amide bonds. The SMILES string of the molecule is C=CCn1c(S[C@H](C)C(=O)Nc2ccc(F)cc2)nnc1-c1ccncc1. The molecule has 0 fully saturated rings. The number of carbonyl (C=O) groups is 1. The number of carbonyl (C=O) groups excluding carboxylic acids is 1. The largest absolute Gasteiger partial charge is 0.325 e. The van der Waals surface area contributed by atoms with Gasteiger partial charge in [-0.2, -0.15) is 0 Å². The molecule has 138 valence electrons. The van der Waals surface area contributed by atoms with Gasteiger partial charge in [-0.05, 0) is 43.3 Å². The number of anilines is 1. The van der Waals surface area contributed by atoms with Gasteiger partial charge in [0.2, 0.25) is 5.91 Å². The first-order valence-corrected chi connectivity index (χ1v) is 9.14. The molecular formula is C19H18FN5OS. The second kappa shape index (κ2) is 8.59. The molecule has 0 unspecified atom stereocenters. The molecule has 2 heterocycles. The van der Waals surface area contributed by atoms with Gasteiger partial charge in [0.05, 0.1) is 5.25 Å². The fourth-order valence-corrected chi connectivity index (χ4v) is 3.23. The third-order valence-electron chi connectivity index (χ3n) is 3.73. The van der Waals surface area contributed by atoms with E-state index in [2.05, 4.69) is 27.1 Å². The highest BCUT2D eigenvalue weighted by atomic mass is 32.2. The smallest absolute Gasteiger partial charge is 0.237 e. The Kier molecular flexibility index (Phi) is 5.97. The Bertz CT molecular complexity index is 927. The summed E-state index contributed by atoms with van der Waals surface area (Å²) >= 11 is 1.30. The minimum absolute atomic E-state index is 0.203. The molecule has 1 atom stereocenters. The van der Waals surface area contributed by atoms with E-state index >= 15 is 0 Å². The molecule has 0 aliphatic carbocycles. The topological polar surface area (TPSA) is 72.7 Å². The van der Waals surface area contributed by atoms with Crippen molar-refractivity contribution in [3.05, 3.63) is 67.3 Å². The minimum Gasteiger partial charge on any atom is -0.325 e. The van der Waals surface area contributed by atoms with Crippen LogP contribution in [0.5, 0.6) is 0 Å². The van der Waals surface area contributed by atoms with E-state index in [1.165, 1.54) is 36.0 Å². The van der Waals surface area contributed by atoms with Crippen LogP contribution in [0.2, 0.25) is 0 Å². The molecule has 0 saturated carbocycles. The number of halogens is 1. The van der Waals surface area contributed by atoms with Crippen molar-refractivity contribution in [3.63, 3.8) is 0 Å². The lowest BCUT2D eigenvalue weighted by Crippen LogP contribution is -2.23. The maximum atomic E-state index is 13.0. The fourth-order valence-electron chi connectivity index (χ4n) is 2.37. The zero-order valence-electron chi connectivity index (χ0n) is 14.7. The summed E-state index contributed by atoms with van der Waals surface area (Å²) in [4.78, 5) is 16.4. The first-order chi connectivity index (χ1) is 13.1. The standard InChI is InChI=1S/C19H18FN5OS/c1-3-12-25-17(14-8-10-21-11-9-14)23-24-19(25)27-13(2)18(26)22-16-6-4-15(20)5-7-16/h3-11,13H,1,12H2,2H3,(H,22,26)/t13-/m1/s1. The van der Waals surface area contributed by atoms with Crippen molar-refractivity contribution in [3.8, 4) is 11.4 Å². The molecule has 0 bridgehead atoms. The number of allylic oxidation sites excluding steroid dienone is 1. The van der Waals surface area contributed by atoms with Crippen LogP contribution in [0.4, 0.5) is 10.1 Å². The highest BCUT2D eigenvalue weighted by Gasteiger charge is 2.20. The summed E-state index contributed by atoms with van der Waals surface area (Å²) in [6.45, 7) is 6.07. The van der Waals surface area contributed by atoms with Crippen LogP contribution < -0.4 is 5.32 Å².